The van der Waals surface area contributed by atoms with Gasteiger partial charge in [0.05, 0.1) is 6.04 Å². The van der Waals surface area contributed by atoms with E-state index in [1.807, 2.05) is 24.3 Å². The molecule has 0 atom stereocenters. The quantitative estimate of drug-likeness (QED) is 0.764. The van der Waals surface area contributed by atoms with Gasteiger partial charge in [0.25, 0.3) is 0 Å². The van der Waals surface area contributed by atoms with Gasteiger partial charge >= 0.3 is 0 Å². The zero-order valence-electron chi connectivity index (χ0n) is 14.9. The molecule has 0 aliphatic heterocycles. The van der Waals surface area contributed by atoms with Crippen LogP contribution in [-0.4, -0.2) is 6.04 Å². The maximum Gasteiger partial charge on any atom is 0.128 e. The third-order valence-corrected chi connectivity index (χ3v) is 5.35. The Labute approximate surface area is 156 Å². The predicted molar refractivity (Wildman–Crippen MR) is 104 cm³/mol. The molecule has 0 spiro atoms. The van der Waals surface area contributed by atoms with E-state index in [-0.39, 0.29) is 0 Å². The molecule has 0 saturated heterocycles. The van der Waals surface area contributed by atoms with Crippen LogP contribution in [-0.2, 0) is 13.2 Å². The van der Waals surface area contributed by atoms with Crippen LogP contribution < -0.4 is 10.1 Å². The fourth-order valence-corrected chi connectivity index (χ4v) is 3.70. The van der Waals surface area contributed by atoms with Crippen LogP contribution in [0.1, 0.15) is 56.1 Å². The van der Waals surface area contributed by atoms with E-state index in [0.717, 1.165) is 28.9 Å². The maximum absolute atomic E-state index is 6.08. The number of ether oxygens (including phenoxy) is 1. The van der Waals surface area contributed by atoms with Gasteiger partial charge in [-0.05, 0) is 55.5 Å². The van der Waals surface area contributed by atoms with Crippen LogP contribution in [0.25, 0.3) is 0 Å². The Balaban J connectivity index is 1.55. The average Bonchev–Trinajstić information content (AvgIpc) is 2.61. The molecule has 1 saturated carbocycles. The SMILES string of the molecule is Clc1ccc(COc2ccccc2C[NH2+]C2CCCCCCC2)cc1. The minimum absolute atomic E-state index is 0.581. The first-order valence-corrected chi connectivity index (χ1v) is 9.97. The van der Waals surface area contributed by atoms with Gasteiger partial charge < -0.3 is 10.1 Å². The Morgan fingerprint density at radius 3 is 2.32 bits per heavy atom. The van der Waals surface area contributed by atoms with Crippen LogP contribution in [0.2, 0.25) is 5.02 Å². The third kappa shape index (κ3) is 6.05. The maximum atomic E-state index is 6.08. The van der Waals surface area contributed by atoms with E-state index in [0.29, 0.717) is 6.61 Å². The van der Waals surface area contributed by atoms with Crippen molar-refractivity contribution in [1.29, 1.82) is 0 Å². The molecule has 0 amide bonds. The van der Waals surface area contributed by atoms with Crippen molar-refractivity contribution < 1.29 is 10.1 Å². The normalized spacial score (nSPS) is 16.2. The van der Waals surface area contributed by atoms with Gasteiger partial charge in [0, 0.05) is 10.6 Å². The Morgan fingerprint density at radius 2 is 1.56 bits per heavy atom. The van der Waals surface area contributed by atoms with Crippen LogP contribution >= 0.6 is 11.6 Å². The number of quaternary nitrogens is 1. The predicted octanol–water partition coefficient (Wildman–Crippen LogP) is 5.10. The van der Waals surface area contributed by atoms with Gasteiger partial charge in [-0.1, -0.05) is 55.1 Å². The van der Waals surface area contributed by atoms with Gasteiger partial charge in [-0.2, -0.15) is 0 Å². The second kappa shape index (κ2) is 9.84. The lowest BCUT2D eigenvalue weighted by atomic mass is 9.96. The second-order valence-corrected chi connectivity index (χ2v) is 7.50. The first kappa shape index (κ1) is 18.3. The molecule has 2 aromatic rings. The highest BCUT2D eigenvalue weighted by atomic mass is 35.5. The molecule has 1 fully saturated rings. The summed E-state index contributed by atoms with van der Waals surface area (Å²) in [4.78, 5) is 0. The monoisotopic (exact) mass is 358 g/mol. The minimum atomic E-state index is 0.581. The number of rotatable bonds is 6. The van der Waals surface area contributed by atoms with Crippen LogP contribution in [0.5, 0.6) is 5.75 Å². The summed E-state index contributed by atoms with van der Waals surface area (Å²) in [7, 11) is 0. The number of benzene rings is 2. The third-order valence-electron chi connectivity index (χ3n) is 5.10. The van der Waals surface area contributed by atoms with E-state index in [1.54, 1.807) is 0 Å². The molecular weight excluding hydrogens is 330 g/mol. The van der Waals surface area contributed by atoms with Crippen molar-refractivity contribution in [2.45, 2.75) is 64.1 Å². The van der Waals surface area contributed by atoms with Crippen molar-refractivity contribution >= 4 is 11.6 Å². The summed E-state index contributed by atoms with van der Waals surface area (Å²) in [6.07, 6.45) is 9.72. The van der Waals surface area contributed by atoms with Gasteiger partial charge in [-0.3, -0.25) is 0 Å². The molecule has 0 heterocycles. The van der Waals surface area contributed by atoms with Crippen LogP contribution in [0.4, 0.5) is 0 Å². The molecule has 2 aromatic carbocycles. The van der Waals surface area contributed by atoms with Crippen LogP contribution in [0.15, 0.2) is 48.5 Å². The highest BCUT2D eigenvalue weighted by Crippen LogP contribution is 2.20. The van der Waals surface area contributed by atoms with E-state index in [2.05, 4.69) is 29.6 Å². The van der Waals surface area contributed by atoms with Crippen molar-refractivity contribution in [2.24, 2.45) is 0 Å². The Kier molecular flexibility index (Phi) is 7.20. The van der Waals surface area contributed by atoms with Crippen molar-refractivity contribution in [3.05, 3.63) is 64.7 Å². The topological polar surface area (TPSA) is 25.8 Å². The second-order valence-electron chi connectivity index (χ2n) is 7.07. The lowest BCUT2D eigenvalue weighted by Gasteiger charge is -2.19. The highest BCUT2D eigenvalue weighted by Gasteiger charge is 2.15. The van der Waals surface area contributed by atoms with Gasteiger partial charge in [0.15, 0.2) is 0 Å². The molecule has 1 aliphatic carbocycles. The first-order chi connectivity index (χ1) is 12.3. The van der Waals surface area contributed by atoms with Crippen molar-refractivity contribution in [3.8, 4) is 5.75 Å². The summed E-state index contributed by atoms with van der Waals surface area (Å²) in [5.74, 6) is 1.000. The van der Waals surface area contributed by atoms with Gasteiger partial charge in [0.2, 0.25) is 0 Å². The zero-order chi connectivity index (χ0) is 17.3. The molecule has 134 valence electrons. The van der Waals surface area contributed by atoms with Crippen molar-refractivity contribution in [2.75, 3.05) is 0 Å². The lowest BCUT2D eigenvalue weighted by molar-refractivity contribution is -0.706. The van der Waals surface area contributed by atoms with E-state index in [1.165, 1.54) is 50.5 Å². The molecule has 0 bridgehead atoms. The smallest absolute Gasteiger partial charge is 0.128 e. The average molecular weight is 359 g/mol. The summed E-state index contributed by atoms with van der Waals surface area (Å²) >= 11 is 5.95. The van der Waals surface area contributed by atoms with Gasteiger partial charge in [-0.15, -0.1) is 0 Å². The van der Waals surface area contributed by atoms with E-state index in [9.17, 15) is 0 Å². The number of halogens is 1. The molecule has 1 aliphatic rings. The molecule has 0 aromatic heterocycles. The molecule has 0 radical (unpaired) electrons. The Hall–Kier alpha value is -1.51. The Morgan fingerprint density at radius 1 is 0.880 bits per heavy atom. The zero-order valence-corrected chi connectivity index (χ0v) is 15.7. The molecular formula is C22H29ClNO+. The van der Waals surface area contributed by atoms with Crippen molar-refractivity contribution in [1.82, 2.24) is 0 Å². The van der Waals surface area contributed by atoms with E-state index in [4.69, 9.17) is 16.3 Å². The Bertz CT molecular complexity index is 633. The van der Waals surface area contributed by atoms with E-state index < -0.39 is 0 Å². The summed E-state index contributed by atoms with van der Waals surface area (Å²) in [5, 5.41) is 3.29. The highest BCUT2D eigenvalue weighted by molar-refractivity contribution is 6.30. The van der Waals surface area contributed by atoms with E-state index >= 15 is 0 Å². The number of hydrogen-bond donors (Lipinski definition) is 1. The van der Waals surface area contributed by atoms with Crippen LogP contribution in [0.3, 0.4) is 0 Å². The molecule has 0 unspecified atom stereocenters. The summed E-state index contributed by atoms with van der Waals surface area (Å²) in [6.45, 7) is 1.58. The molecule has 3 heteroatoms. The standard InChI is InChI=1S/C22H28ClNO/c23-20-14-12-18(13-15-20)17-25-22-11-7-6-8-19(22)16-24-21-9-4-2-1-3-5-10-21/h6-8,11-15,21,24H,1-5,9-10,16-17H2/p+1. The first-order valence-electron chi connectivity index (χ1n) is 9.60. The fourth-order valence-electron chi connectivity index (χ4n) is 3.57. The summed E-state index contributed by atoms with van der Waals surface area (Å²) in [6, 6.07) is 17.1. The van der Waals surface area contributed by atoms with Crippen LogP contribution in [0, 0.1) is 0 Å². The van der Waals surface area contributed by atoms with Gasteiger partial charge in [-0.25, -0.2) is 0 Å². The molecule has 3 rings (SSSR count). The molecule has 25 heavy (non-hydrogen) atoms. The minimum Gasteiger partial charge on any atom is -0.488 e. The molecule has 2 nitrogen and oxygen atoms in total. The molecule has 2 N–H and O–H groups in total. The van der Waals surface area contributed by atoms with Gasteiger partial charge in [0.1, 0.15) is 18.9 Å². The number of nitrogens with two attached hydrogens (primary N) is 1. The summed E-state index contributed by atoms with van der Waals surface area (Å²) in [5.41, 5.74) is 2.43. The summed E-state index contributed by atoms with van der Waals surface area (Å²) < 4.78 is 6.08. The number of para-hydroxylation sites is 1. The largest absolute Gasteiger partial charge is 0.488 e. The number of hydrogen-bond acceptors (Lipinski definition) is 1. The fraction of sp³-hybridized carbons (Fsp3) is 0.455. The van der Waals surface area contributed by atoms with Crippen molar-refractivity contribution in [3.63, 3.8) is 0 Å². The lowest BCUT2D eigenvalue weighted by Crippen LogP contribution is -2.88.